The quantitative estimate of drug-likeness (QED) is 0.503. The van der Waals surface area contributed by atoms with Crippen LogP contribution in [-0.4, -0.2) is 6.26 Å². The van der Waals surface area contributed by atoms with E-state index in [2.05, 4.69) is 79.4 Å². The summed E-state index contributed by atoms with van der Waals surface area (Å²) in [5.74, 6) is 0. The normalized spacial score (nSPS) is 12.5. The highest BCUT2D eigenvalue weighted by Gasteiger charge is 2.15. The van der Waals surface area contributed by atoms with Gasteiger partial charge in [0.2, 0.25) is 0 Å². The van der Waals surface area contributed by atoms with Crippen LogP contribution in [-0.2, 0) is 0 Å². The second-order valence-electron chi connectivity index (χ2n) is 4.95. The van der Waals surface area contributed by atoms with Crippen LogP contribution in [0, 0.1) is 20.8 Å². The molecule has 0 heterocycles. The molecule has 0 aliphatic carbocycles. The average Bonchev–Trinajstić information content (AvgIpc) is 2.37. The minimum absolute atomic E-state index is 0.268. The summed E-state index contributed by atoms with van der Waals surface area (Å²) in [7, 11) is 0. The van der Waals surface area contributed by atoms with Gasteiger partial charge in [0.05, 0.1) is 4.83 Å². The van der Waals surface area contributed by atoms with E-state index in [0.717, 1.165) is 0 Å². The van der Waals surface area contributed by atoms with Crippen molar-refractivity contribution in [1.29, 1.82) is 0 Å². The first kappa shape index (κ1) is 14.7. The van der Waals surface area contributed by atoms with Crippen LogP contribution in [0.25, 0.3) is 0 Å². The summed E-state index contributed by atoms with van der Waals surface area (Å²) < 4.78 is 0. The van der Waals surface area contributed by atoms with Crippen LogP contribution in [0.2, 0.25) is 0 Å². The maximum Gasteiger partial charge on any atom is 0.0649 e. The molecular formula is C17H19BrS. The van der Waals surface area contributed by atoms with Crippen molar-refractivity contribution in [3.05, 3.63) is 64.2 Å². The van der Waals surface area contributed by atoms with Gasteiger partial charge in [-0.05, 0) is 61.4 Å². The lowest BCUT2D eigenvalue weighted by Crippen LogP contribution is -2.00. The molecule has 0 spiro atoms. The van der Waals surface area contributed by atoms with Gasteiger partial charge >= 0.3 is 0 Å². The molecule has 0 aliphatic rings. The molecule has 0 saturated heterocycles. The first-order valence-electron chi connectivity index (χ1n) is 6.38. The SMILES string of the molecule is CSc1ccc(C(Br)c2c(C)cc(C)cc2C)cc1. The fourth-order valence-corrected chi connectivity index (χ4v) is 3.97. The van der Waals surface area contributed by atoms with Gasteiger partial charge < -0.3 is 0 Å². The topological polar surface area (TPSA) is 0 Å². The zero-order valence-electron chi connectivity index (χ0n) is 11.8. The molecule has 2 heteroatoms. The van der Waals surface area contributed by atoms with Crippen LogP contribution in [0.1, 0.15) is 32.6 Å². The number of rotatable bonds is 3. The molecule has 2 aromatic rings. The second kappa shape index (κ2) is 6.15. The maximum atomic E-state index is 3.86. The summed E-state index contributed by atoms with van der Waals surface area (Å²) in [6, 6.07) is 13.3. The maximum absolute atomic E-state index is 3.86. The lowest BCUT2D eigenvalue weighted by Gasteiger charge is -2.17. The van der Waals surface area contributed by atoms with Crippen molar-refractivity contribution in [2.45, 2.75) is 30.5 Å². The summed E-state index contributed by atoms with van der Waals surface area (Å²) in [5, 5.41) is 0. The van der Waals surface area contributed by atoms with Crippen molar-refractivity contribution < 1.29 is 0 Å². The lowest BCUT2D eigenvalue weighted by molar-refractivity contribution is 1.10. The summed E-state index contributed by atoms with van der Waals surface area (Å²) >= 11 is 5.64. The van der Waals surface area contributed by atoms with Gasteiger partial charge in [-0.3, -0.25) is 0 Å². The zero-order valence-corrected chi connectivity index (χ0v) is 14.2. The van der Waals surface area contributed by atoms with Crippen molar-refractivity contribution in [2.24, 2.45) is 0 Å². The Morgan fingerprint density at radius 1 is 0.947 bits per heavy atom. The van der Waals surface area contributed by atoms with E-state index in [1.165, 1.54) is 32.7 Å². The average molecular weight is 335 g/mol. The first-order chi connectivity index (χ1) is 9.02. The highest BCUT2D eigenvalue weighted by molar-refractivity contribution is 9.09. The Kier molecular flexibility index (Phi) is 4.75. The molecule has 0 aromatic heterocycles. The first-order valence-corrected chi connectivity index (χ1v) is 8.52. The number of hydrogen-bond acceptors (Lipinski definition) is 1. The van der Waals surface area contributed by atoms with Gasteiger partial charge in [-0.2, -0.15) is 0 Å². The predicted molar refractivity (Wildman–Crippen MR) is 89.6 cm³/mol. The molecule has 0 nitrogen and oxygen atoms in total. The molecule has 100 valence electrons. The van der Waals surface area contributed by atoms with E-state index >= 15 is 0 Å². The van der Waals surface area contributed by atoms with Crippen LogP contribution in [0.4, 0.5) is 0 Å². The van der Waals surface area contributed by atoms with Crippen molar-refractivity contribution in [3.63, 3.8) is 0 Å². The number of thioether (sulfide) groups is 1. The van der Waals surface area contributed by atoms with E-state index in [4.69, 9.17) is 0 Å². The molecule has 0 amide bonds. The largest absolute Gasteiger partial charge is 0.130 e. The van der Waals surface area contributed by atoms with Gasteiger partial charge in [0.25, 0.3) is 0 Å². The Labute approximate surface area is 128 Å². The zero-order chi connectivity index (χ0) is 14.0. The summed E-state index contributed by atoms with van der Waals surface area (Å²) in [6.45, 7) is 6.54. The third kappa shape index (κ3) is 3.24. The number of aryl methyl sites for hydroxylation is 3. The Bertz CT molecular complexity index is 549. The van der Waals surface area contributed by atoms with Crippen molar-refractivity contribution >= 4 is 27.7 Å². The second-order valence-corrected chi connectivity index (χ2v) is 6.74. The van der Waals surface area contributed by atoms with Gasteiger partial charge in [0.15, 0.2) is 0 Å². The van der Waals surface area contributed by atoms with Gasteiger partial charge in [-0.1, -0.05) is 45.8 Å². The fraction of sp³-hybridized carbons (Fsp3) is 0.294. The van der Waals surface area contributed by atoms with E-state index in [0.29, 0.717) is 0 Å². The van der Waals surface area contributed by atoms with E-state index < -0.39 is 0 Å². The number of benzene rings is 2. The molecule has 19 heavy (non-hydrogen) atoms. The van der Waals surface area contributed by atoms with Crippen LogP contribution in [0.15, 0.2) is 41.3 Å². The van der Waals surface area contributed by atoms with Gasteiger partial charge in [-0.25, -0.2) is 0 Å². The Morgan fingerprint density at radius 3 is 1.95 bits per heavy atom. The number of halogens is 1. The van der Waals surface area contributed by atoms with E-state index in [1.807, 2.05) is 0 Å². The number of alkyl halides is 1. The van der Waals surface area contributed by atoms with Gasteiger partial charge in [-0.15, -0.1) is 11.8 Å². The van der Waals surface area contributed by atoms with Crippen molar-refractivity contribution in [2.75, 3.05) is 6.26 Å². The van der Waals surface area contributed by atoms with E-state index in [9.17, 15) is 0 Å². The smallest absolute Gasteiger partial charge is 0.0649 e. The Balaban J connectivity index is 2.40. The standard InChI is InChI=1S/C17H19BrS/c1-11-9-12(2)16(13(3)10-11)17(18)14-5-7-15(19-4)8-6-14/h5-10,17H,1-4H3. The third-order valence-corrected chi connectivity index (χ3v) is 5.13. The van der Waals surface area contributed by atoms with Crippen molar-refractivity contribution in [1.82, 2.24) is 0 Å². The highest BCUT2D eigenvalue weighted by Crippen LogP contribution is 2.36. The van der Waals surface area contributed by atoms with E-state index in [-0.39, 0.29) is 4.83 Å². The van der Waals surface area contributed by atoms with Crippen LogP contribution >= 0.6 is 27.7 Å². The third-order valence-electron chi connectivity index (χ3n) is 3.40. The molecule has 0 radical (unpaired) electrons. The molecule has 0 saturated carbocycles. The summed E-state index contributed by atoms with van der Waals surface area (Å²) in [4.78, 5) is 1.57. The molecule has 0 bridgehead atoms. The summed E-state index contributed by atoms with van der Waals surface area (Å²) in [6.07, 6.45) is 2.11. The molecule has 2 aromatic carbocycles. The van der Waals surface area contributed by atoms with E-state index in [1.54, 1.807) is 11.8 Å². The minimum atomic E-state index is 0.268. The van der Waals surface area contributed by atoms with Gasteiger partial charge in [0.1, 0.15) is 0 Å². The van der Waals surface area contributed by atoms with Crippen LogP contribution in [0.5, 0.6) is 0 Å². The van der Waals surface area contributed by atoms with Crippen molar-refractivity contribution in [3.8, 4) is 0 Å². The molecule has 0 N–H and O–H groups in total. The Morgan fingerprint density at radius 2 is 1.47 bits per heavy atom. The minimum Gasteiger partial charge on any atom is -0.130 e. The predicted octanol–water partition coefficient (Wildman–Crippen LogP) is 5.82. The van der Waals surface area contributed by atoms with Crippen LogP contribution in [0.3, 0.4) is 0 Å². The molecule has 0 fully saturated rings. The summed E-state index contributed by atoms with van der Waals surface area (Å²) in [5.41, 5.74) is 6.74. The molecule has 2 rings (SSSR count). The number of hydrogen-bond donors (Lipinski definition) is 0. The highest BCUT2D eigenvalue weighted by atomic mass is 79.9. The van der Waals surface area contributed by atoms with Gasteiger partial charge in [0, 0.05) is 4.90 Å². The van der Waals surface area contributed by atoms with Crippen LogP contribution < -0.4 is 0 Å². The fourth-order valence-electron chi connectivity index (χ4n) is 2.53. The molecule has 1 unspecified atom stereocenters. The molecular weight excluding hydrogens is 316 g/mol. The Hall–Kier alpha value is -0.730. The lowest BCUT2D eigenvalue weighted by atomic mass is 9.94. The monoisotopic (exact) mass is 334 g/mol. The molecule has 0 aliphatic heterocycles. The molecule has 1 atom stereocenters.